The number of carbonyl (C=O) groups excluding carboxylic acids is 1. The molecule has 7 nitrogen and oxygen atoms in total. The number of hydrogen-bond acceptors (Lipinski definition) is 5. The minimum atomic E-state index is -3.48. The minimum absolute atomic E-state index is 0.166. The van der Waals surface area contributed by atoms with Gasteiger partial charge >= 0.3 is 0 Å². The molecule has 0 aliphatic carbocycles. The highest BCUT2D eigenvalue weighted by Crippen LogP contribution is 2.20. The maximum absolute atomic E-state index is 12.8. The third-order valence-electron chi connectivity index (χ3n) is 5.36. The molecule has 2 aliphatic rings. The van der Waals surface area contributed by atoms with E-state index in [2.05, 4.69) is 10.2 Å². The van der Waals surface area contributed by atoms with Gasteiger partial charge in [-0.25, -0.2) is 8.42 Å². The van der Waals surface area contributed by atoms with Crippen molar-refractivity contribution in [2.45, 2.75) is 37.0 Å². The molecule has 156 valence electrons. The standard InChI is InChI=1S/C20H31N3O4S/c24-20(21-10-5-11-22-14-16-27-17-15-22)18-6-8-19(9-7-18)28(25,26)23-12-3-1-2-4-13-23/h6-9H,1-5,10-17H2,(H,21,24). The topological polar surface area (TPSA) is 79.0 Å². The molecule has 0 saturated carbocycles. The minimum Gasteiger partial charge on any atom is -0.379 e. The van der Waals surface area contributed by atoms with Gasteiger partial charge in [-0.05, 0) is 50.1 Å². The molecule has 0 radical (unpaired) electrons. The molecule has 0 atom stereocenters. The molecule has 1 aromatic carbocycles. The van der Waals surface area contributed by atoms with Gasteiger partial charge in [0, 0.05) is 38.3 Å². The normalized spacial score (nSPS) is 19.9. The van der Waals surface area contributed by atoms with Crippen LogP contribution in [0.15, 0.2) is 29.2 Å². The number of amides is 1. The van der Waals surface area contributed by atoms with Crippen molar-refractivity contribution >= 4 is 15.9 Å². The first kappa shape index (κ1) is 21.2. The third-order valence-corrected chi connectivity index (χ3v) is 7.27. The number of sulfonamides is 1. The molecule has 1 amide bonds. The summed E-state index contributed by atoms with van der Waals surface area (Å²) in [5.41, 5.74) is 0.487. The Morgan fingerprint density at radius 2 is 1.61 bits per heavy atom. The van der Waals surface area contributed by atoms with Crippen LogP contribution in [-0.4, -0.2) is 76.0 Å². The summed E-state index contributed by atoms with van der Waals surface area (Å²) in [7, 11) is -3.48. The van der Waals surface area contributed by atoms with Crippen LogP contribution < -0.4 is 5.32 Å². The Labute approximate surface area is 168 Å². The first-order valence-corrected chi connectivity index (χ1v) is 11.7. The smallest absolute Gasteiger partial charge is 0.251 e. The van der Waals surface area contributed by atoms with Crippen LogP contribution in [0.3, 0.4) is 0 Å². The summed E-state index contributed by atoms with van der Waals surface area (Å²) in [5.74, 6) is -0.166. The number of benzene rings is 1. The lowest BCUT2D eigenvalue weighted by Gasteiger charge is -2.26. The molecule has 1 aromatic rings. The Morgan fingerprint density at radius 3 is 2.25 bits per heavy atom. The van der Waals surface area contributed by atoms with E-state index in [1.807, 2.05) is 0 Å². The van der Waals surface area contributed by atoms with Crippen LogP contribution in [0.25, 0.3) is 0 Å². The van der Waals surface area contributed by atoms with Crippen LogP contribution in [0, 0.1) is 0 Å². The Bertz CT molecular complexity index is 722. The van der Waals surface area contributed by atoms with Crippen LogP contribution >= 0.6 is 0 Å². The van der Waals surface area contributed by atoms with Gasteiger partial charge in [0.2, 0.25) is 10.0 Å². The van der Waals surface area contributed by atoms with Gasteiger partial charge in [-0.15, -0.1) is 0 Å². The van der Waals surface area contributed by atoms with Crippen molar-refractivity contribution in [3.63, 3.8) is 0 Å². The van der Waals surface area contributed by atoms with Crippen molar-refractivity contribution in [1.82, 2.24) is 14.5 Å². The van der Waals surface area contributed by atoms with Crippen LogP contribution in [0.5, 0.6) is 0 Å². The van der Waals surface area contributed by atoms with Gasteiger partial charge in [0.15, 0.2) is 0 Å². The van der Waals surface area contributed by atoms with E-state index in [0.29, 0.717) is 25.2 Å². The molecular weight excluding hydrogens is 378 g/mol. The van der Waals surface area contributed by atoms with Crippen LogP contribution in [0.4, 0.5) is 0 Å². The van der Waals surface area contributed by atoms with E-state index >= 15 is 0 Å². The van der Waals surface area contributed by atoms with Crippen molar-refractivity contribution in [3.8, 4) is 0 Å². The van der Waals surface area contributed by atoms with Gasteiger partial charge in [0.25, 0.3) is 5.91 Å². The Balaban J connectivity index is 1.49. The summed E-state index contributed by atoms with van der Waals surface area (Å²) in [6, 6.07) is 6.29. The molecule has 0 unspecified atom stereocenters. The van der Waals surface area contributed by atoms with Crippen LogP contribution in [0.2, 0.25) is 0 Å². The van der Waals surface area contributed by atoms with Gasteiger partial charge in [0.1, 0.15) is 0 Å². The van der Waals surface area contributed by atoms with E-state index in [1.54, 1.807) is 28.6 Å². The number of nitrogens with one attached hydrogen (secondary N) is 1. The number of morpholine rings is 1. The molecule has 2 saturated heterocycles. The fourth-order valence-electron chi connectivity index (χ4n) is 3.64. The third kappa shape index (κ3) is 5.76. The molecule has 0 spiro atoms. The first-order valence-electron chi connectivity index (χ1n) is 10.3. The van der Waals surface area contributed by atoms with Gasteiger partial charge in [-0.2, -0.15) is 4.31 Å². The first-order chi connectivity index (χ1) is 13.6. The second-order valence-corrected chi connectivity index (χ2v) is 9.34. The van der Waals surface area contributed by atoms with Crippen molar-refractivity contribution in [2.24, 2.45) is 0 Å². The summed E-state index contributed by atoms with van der Waals surface area (Å²) >= 11 is 0. The average Bonchev–Trinajstić information content (AvgIpc) is 3.02. The predicted molar refractivity (Wildman–Crippen MR) is 108 cm³/mol. The molecule has 2 heterocycles. The van der Waals surface area contributed by atoms with Gasteiger partial charge in [-0.1, -0.05) is 12.8 Å². The molecule has 0 bridgehead atoms. The van der Waals surface area contributed by atoms with Crippen molar-refractivity contribution in [2.75, 3.05) is 52.5 Å². The van der Waals surface area contributed by atoms with Crippen molar-refractivity contribution in [3.05, 3.63) is 29.8 Å². The van der Waals surface area contributed by atoms with Gasteiger partial charge < -0.3 is 10.1 Å². The Hall–Kier alpha value is -1.48. The summed E-state index contributed by atoms with van der Waals surface area (Å²) in [6.45, 7) is 6.14. The Morgan fingerprint density at radius 1 is 0.964 bits per heavy atom. The maximum atomic E-state index is 12.8. The highest BCUT2D eigenvalue weighted by molar-refractivity contribution is 7.89. The van der Waals surface area contributed by atoms with E-state index < -0.39 is 10.0 Å². The maximum Gasteiger partial charge on any atom is 0.251 e. The highest BCUT2D eigenvalue weighted by atomic mass is 32.2. The highest BCUT2D eigenvalue weighted by Gasteiger charge is 2.25. The van der Waals surface area contributed by atoms with E-state index in [9.17, 15) is 13.2 Å². The molecule has 8 heteroatoms. The van der Waals surface area contributed by atoms with Gasteiger partial charge in [0.05, 0.1) is 18.1 Å². The molecule has 28 heavy (non-hydrogen) atoms. The molecule has 2 aliphatic heterocycles. The number of hydrogen-bond donors (Lipinski definition) is 1. The molecule has 3 rings (SSSR count). The van der Waals surface area contributed by atoms with Crippen LogP contribution in [-0.2, 0) is 14.8 Å². The monoisotopic (exact) mass is 409 g/mol. The quantitative estimate of drug-likeness (QED) is 0.694. The second kappa shape index (κ2) is 10.3. The lowest BCUT2D eigenvalue weighted by molar-refractivity contribution is 0.0374. The summed E-state index contributed by atoms with van der Waals surface area (Å²) in [5, 5.41) is 2.91. The number of rotatable bonds is 7. The lowest BCUT2D eigenvalue weighted by atomic mass is 10.2. The Kier molecular flexibility index (Phi) is 7.84. The largest absolute Gasteiger partial charge is 0.379 e. The lowest BCUT2D eigenvalue weighted by Crippen LogP contribution is -2.38. The van der Waals surface area contributed by atoms with Crippen molar-refractivity contribution < 1.29 is 17.9 Å². The zero-order valence-corrected chi connectivity index (χ0v) is 17.3. The SMILES string of the molecule is O=C(NCCCN1CCOCC1)c1ccc(S(=O)(=O)N2CCCCCC2)cc1. The van der Waals surface area contributed by atoms with E-state index in [-0.39, 0.29) is 10.8 Å². The van der Waals surface area contributed by atoms with Gasteiger partial charge in [-0.3, -0.25) is 9.69 Å². The zero-order valence-electron chi connectivity index (χ0n) is 16.4. The van der Waals surface area contributed by atoms with E-state index in [0.717, 1.165) is 65.0 Å². The fraction of sp³-hybridized carbons (Fsp3) is 0.650. The number of ether oxygens (including phenoxy) is 1. The molecule has 0 aromatic heterocycles. The predicted octanol–water partition coefficient (Wildman–Crippen LogP) is 1.70. The number of nitrogens with zero attached hydrogens (tertiary/aromatic N) is 2. The summed E-state index contributed by atoms with van der Waals surface area (Å²) < 4.78 is 32.5. The molecule has 2 fully saturated rings. The van der Waals surface area contributed by atoms with E-state index in [1.165, 1.54) is 0 Å². The summed E-state index contributed by atoms with van der Waals surface area (Å²) in [4.78, 5) is 14.9. The number of carbonyl (C=O) groups is 1. The second-order valence-electron chi connectivity index (χ2n) is 7.41. The van der Waals surface area contributed by atoms with Crippen LogP contribution in [0.1, 0.15) is 42.5 Å². The average molecular weight is 410 g/mol. The fourth-order valence-corrected chi connectivity index (χ4v) is 5.16. The summed E-state index contributed by atoms with van der Waals surface area (Å²) in [6.07, 6.45) is 4.86. The van der Waals surface area contributed by atoms with E-state index in [4.69, 9.17) is 4.74 Å². The van der Waals surface area contributed by atoms with Crippen molar-refractivity contribution in [1.29, 1.82) is 0 Å². The molecular formula is C20H31N3O4S. The molecule has 1 N–H and O–H groups in total. The zero-order chi connectivity index (χ0) is 19.8.